The fourth-order valence-electron chi connectivity index (χ4n) is 2.72. The zero-order valence-electron chi connectivity index (χ0n) is 12.8. The smallest absolute Gasteiger partial charge is 0.0991 e. The van der Waals surface area contributed by atoms with Gasteiger partial charge < -0.3 is 4.90 Å². The highest BCUT2D eigenvalue weighted by Crippen LogP contribution is 2.18. The van der Waals surface area contributed by atoms with E-state index in [0.29, 0.717) is 0 Å². The van der Waals surface area contributed by atoms with Gasteiger partial charge in [0.1, 0.15) is 0 Å². The Bertz CT molecular complexity index is 648. The first kappa shape index (κ1) is 15.0. The lowest BCUT2D eigenvalue weighted by molar-refractivity contribution is 0.247. The van der Waals surface area contributed by atoms with E-state index in [-0.39, 0.29) is 0 Å². The molecule has 1 aromatic carbocycles. The number of thiazole rings is 1. The molecular formula is C17H20N4S. The van der Waals surface area contributed by atoms with Crippen molar-refractivity contribution in [3.05, 3.63) is 45.9 Å². The van der Waals surface area contributed by atoms with E-state index in [2.05, 4.69) is 33.2 Å². The zero-order chi connectivity index (χ0) is 15.4. The second-order valence-corrected chi connectivity index (χ2v) is 6.45. The first-order valence-electron chi connectivity index (χ1n) is 7.69. The maximum absolute atomic E-state index is 8.86. The molecule has 0 N–H and O–H groups in total. The van der Waals surface area contributed by atoms with Crippen LogP contribution in [0.2, 0.25) is 0 Å². The number of rotatable bonds is 4. The molecule has 0 amide bonds. The molecule has 114 valence electrons. The maximum atomic E-state index is 8.86. The van der Waals surface area contributed by atoms with Crippen LogP contribution in [0, 0.1) is 11.3 Å². The molecule has 4 nitrogen and oxygen atoms in total. The molecule has 22 heavy (non-hydrogen) atoms. The molecule has 0 saturated carbocycles. The zero-order valence-corrected chi connectivity index (χ0v) is 13.6. The monoisotopic (exact) mass is 312 g/mol. The van der Waals surface area contributed by atoms with Crippen molar-refractivity contribution in [3.8, 4) is 6.07 Å². The Kier molecular flexibility index (Phi) is 4.71. The van der Waals surface area contributed by atoms with Crippen LogP contribution < -0.4 is 4.90 Å². The molecule has 1 aliphatic heterocycles. The molecule has 0 unspecified atom stereocenters. The topological polar surface area (TPSA) is 43.2 Å². The highest BCUT2D eigenvalue weighted by atomic mass is 32.1. The van der Waals surface area contributed by atoms with Crippen LogP contribution >= 0.6 is 11.3 Å². The van der Waals surface area contributed by atoms with Gasteiger partial charge in [-0.2, -0.15) is 5.26 Å². The number of benzene rings is 1. The summed E-state index contributed by atoms with van der Waals surface area (Å²) in [6, 6.07) is 10.0. The third kappa shape index (κ3) is 3.46. The number of aromatic nitrogens is 1. The van der Waals surface area contributed by atoms with E-state index in [1.54, 1.807) is 11.3 Å². The Balaban J connectivity index is 1.54. The summed E-state index contributed by atoms with van der Waals surface area (Å²) >= 11 is 1.76. The highest BCUT2D eigenvalue weighted by molar-refractivity contribution is 7.09. The van der Waals surface area contributed by atoms with Crippen molar-refractivity contribution in [2.45, 2.75) is 19.9 Å². The van der Waals surface area contributed by atoms with Gasteiger partial charge in [-0.25, -0.2) is 4.98 Å². The van der Waals surface area contributed by atoms with Crippen molar-refractivity contribution in [1.29, 1.82) is 5.26 Å². The number of nitriles is 1. The summed E-state index contributed by atoms with van der Waals surface area (Å²) in [7, 11) is 0. The van der Waals surface area contributed by atoms with E-state index in [4.69, 9.17) is 5.26 Å². The minimum Gasteiger partial charge on any atom is -0.369 e. The van der Waals surface area contributed by atoms with Crippen LogP contribution in [-0.2, 0) is 13.0 Å². The summed E-state index contributed by atoms with van der Waals surface area (Å²) in [5.74, 6) is 0. The van der Waals surface area contributed by atoms with Crippen LogP contribution in [-0.4, -0.2) is 36.1 Å². The molecule has 0 bridgehead atoms. The molecule has 2 aromatic rings. The number of anilines is 1. The summed E-state index contributed by atoms with van der Waals surface area (Å²) in [5, 5.41) is 12.3. The number of hydrogen-bond donors (Lipinski definition) is 0. The predicted molar refractivity (Wildman–Crippen MR) is 90.1 cm³/mol. The van der Waals surface area contributed by atoms with Gasteiger partial charge in [-0.05, 0) is 30.7 Å². The van der Waals surface area contributed by atoms with Gasteiger partial charge in [0.15, 0.2) is 0 Å². The average molecular weight is 312 g/mol. The second kappa shape index (κ2) is 6.91. The summed E-state index contributed by atoms with van der Waals surface area (Å²) in [4.78, 5) is 9.50. The molecule has 1 aromatic heterocycles. The molecule has 1 saturated heterocycles. The van der Waals surface area contributed by atoms with Gasteiger partial charge in [0.05, 0.1) is 22.3 Å². The number of aryl methyl sites for hydroxylation is 1. The standard InChI is InChI=1S/C17H20N4S/c1-2-17-19-15(13-22-17)12-20-7-9-21(10-8-20)16-5-3-14(11-18)4-6-16/h3-6,13H,2,7-10,12H2,1H3. The van der Waals surface area contributed by atoms with Crippen LogP contribution in [0.1, 0.15) is 23.2 Å². The van der Waals surface area contributed by atoms with Gasteiger partial charge in [0.25, 0.3) is 0 Å². The van der Waals surface area contributed by atoms with E-state index >= 15 is 0 Å². The molecule has 5 heteroatoms. The lowest BCUT2D eigenvalue weighted by Gasteiger charge is -2.35. The summed E-state index contributed by atoms with van der Waals surface area (Å²) in [5.41, 5.74) is 3.13. The van der Waals surface area contributed by atoms with Gasteiger partial charge in [-0.15, -0.1) is 11.3 Å². The van der Waals surface area contributed by atoms with Gasteiger partial charge >= 0.3 is 0 Å². The highest BCUT2D eigenvalue weighted by Gasteiger charge is 2.18. The van der Waals surface area contributed by atoms with Crippen molar-refractivity contribution in [3.63, 3.8) is 0 Å². The van der Waals surface area contributed by atoms with Gasteiger partial charge in [-0.3, -0.25) is 4.90 Å². The Hall–Kier alpha value is -1.90. The van der Waals surface area contributed by atoms with Crippen LogP contribution in [0.25, 0.3) is 0 Å². The second-order valence-electron chi connectivity index (χ2n) is 5.51. The first-order chi connectivity index (χ1) is 10.8. The third-order valence-corrected chi connectivity index (χ3v) is 5.06. The molecule has 2 heterocycles. The molecule has 0 atom stereocenters. The van der Waals surface area contributed by atoms with Gasteiger partial charge in [0, 0.05) is 43.8 Å². The first-order valence-corrected chi connectivity index (χ1v) is 8.57. The molecule has 0 aliphatic carbocycles. The quantitative estimate of drug-likeness (QED) is 0.870. The van der Waals surface area contributed by atoms with E-state index in [9.17, 15) is 0 Å². The van der Waals surface area contributed by atoms with Crippen molar-refractivity contribution in [2.75, 3.05) is 31.1 Å². The Morgan fingerprint density at radius 3 is 2.50 bits per heavy atom. The minimum atomic E-state index is 0.720. The van der Waals surface area contributed by atoms with Gasteiger partial charge in [-0.1, -0.05) is 6.92 Å². The van der Waals surface area contributed by atoms with Crippen LogP contribution in [0.4, 0.5) is 5.69 Å². The van der Waals surface area contributed by atoms with E-state index < -0.39 is 0 Å². The van der Waals surface area contributed by atoms with Crippen LogP contribution in [0.5, 0.6) is 0 Å². The number of hydrogen-bond acceptors (Lipinski definition) is 5. The lowest BCUT2D eigenvalue weighted by atomic mass is 10.2. The molecular weight excluding hydrogens is 292 g/mol. The van der Waals surface area contributed by atoms with Crippen LogP contribution in [0.3, 0.4) is 0 Å². The SMILES string of the molecule is CCc1nc(CN2CCN(c3ccc(C#N)cc3)CC2)cs1. The average Bonchev–Trinajstić information content (AvgIpc) is 3.03. The normalized spacial score (nSPS) is 15.7. The minimum absolute atomic E-state index is 0.720. The van der Waals surface area contributed by atoms with E-state index in [1.165, 1.54) is 16.4 Å². The number of piperazine rings is 1. The van der Waals surface area contributed by atoms with Crippen molar-refractivity contribution >= 4 is 17.0 Å². The Morgan fingerprint density at radius 1 is 1.18 bits per heavy atom. The lowest BCUT2D eigenvalue weighted by Crippen LogP contribution is -2.46. The third-order valence-electron chi connectivity index (χ3n) is 4.02. The maximum Gasteiger partial charge on any atom is 0.0991 e. The van der Waals surface area contributed by atoms with Gasteiger partial charge in [0.2, 0.25) is 0 Å². The fourth-order valence-corrected chi connectivity index (χ4v) is 3.46. The Morgan fingerprint density at radius 2 is 1.91 bits per heavy atom. The summed E-state index contributed by atoms with van der Waals surface area (Å²) < 4.78 is 0. The van der Waals surface area contributed by atoms with E-state index in [0.717, 1.165) is 44.7 Å². The molecule has 3 rings (SSSR count). The molecule has 1 aliphatic rings. The predicted octanol–water partition coefficient (Wildman–Crippen LogP) is 2.90. The molecule has 0 radical (unpaired) electrons. The van der Waals surface area contributed by atoms with Crippen molar-refractivity contribution in [2.24, 2.45) is 0 Å². The van der Waals surface area contributed by atoms with Crippen LogP contribution in [0.15, 0.2) is 29.6 Å². The number of nitrogens with zero attached hydrogens (tertiary/aromatic N) is 4. The van der Waals surface area contributed by atoms with E-state index in [1.807, 2.05) is 24.3 Å². The van der Waals surface area contributed by atoms with Crippen molar-refractivity contribution in [1.82, 2.24) is 9.88 Å². The summed E-state index contributed by atoms with van der Waals surface area (Å²) in [6.45, 7) is 7.27. The summed E-state index contributed by atoms with van der Waals surface area (Å²) in [6.07, 6.45) is 1.02. The Labute approximate surface area is 135 Å². The molecule has 1 fully saturated rings. The molecule has 0 spiro atoms. The largest absolute Gasteiger partial charge is 0.369 e. The van der Waals surface area contributed by atoms with Crippen molar-refractivity contribution < 1.29 is 0 Å². The fraction of sp³-hybridized carbons (Fsp3) is 0.412.